The summed E-state index contributed by atoms with van der Waals surface area (Å²) >= 11 is 0. The predicted octanol–water partition coefficient (Wildman–Crippen LogP) is 2.74. The number of benzene rings is 1. The highest BCUT2D eigenvalue weighted by Gasteiger charge is 2.18. The first-order valence-electron chi connectivity index (χ1n) is 7.70. The number of pyridine rings is 1. The van der Waals surface area contributed by atoms with Gasteiger partial charge in [0.05, 0.1) is 5.52 Å². The number of hydrogen-bond donors (Lipinski definition) is 1. The normalized spacial score (nSPS) is 12.2. The van der Waals surface area contributed by atoms with Crippen molar-refractivity contribution in [3.8, 4) is 0 Å². The summed E-state index contributed by atoms with van der Waals surface area (Å²) in [7, 11) is 0. The number of hydrogen-bond acceptors (Lipinski definition) is 6. The van der Waals surface area contributed by atoms with E-state index in [0.717, 1.165) is 0 Å². The molecule has 0 saturated carbocycles. The van der Waals surface area contributed by atoms with E-state index < -0.39 is 11.6 Å². The lowest BCUT2D eigenvalue weighted by atomic mass is 10.1. The van der Waals surface area contributed by atoms with Crippen LogP contribution in [0.4, 0.5) is 8.78 Å². The van der Waals surface area contributed by atoms with Crippen LogP contribution in [0.2, 0.25) is 0 Å². The first kappa shape index (κ1) is 16.0. The first-order chi connectivity index (χ1) is 12.6. The van der Waals surface area contributed by atoms with Gasteiger partial charge in [-0.1, -0.05) is 5.16 Å². The molecule has 0 radical (unpaired) electrons. The molecule has 7 nitrogen and oxygen atoms in total. The van der Waals surface area contributed by atoms with Crippen LogP contribution < -0.4 is 0 Å². The smallest absolute Gasteiger partial charge is 0.177 e. The number of fused-ring (bicyclic) bond motifs is 2. The average Bonchev–Trinajstić information content (AvgIpc) is 3.06. The summed E-state index contributed by atoms with van der Waals surface area (Å²) in [5.74, 6) is -1.14. The largest absolute Gasteiger partial charge is 0.411 e. The van der Waals surface area contributed by atoms with Gasteiger partial charge in [0.15, 0.2) is 11.5 Å². The molecule has 4 aromatic rings. The quantitative estimate of drug-likeness (QED) is 0.347. The molecule has 0 aliphatic heterocycles. The maximum atomic E-state index is 14.8. The van der Waals surface area contributed by atoms with Gasteiger partial charge < -0.3 is 5.21 Å². The molecule has 0 aliphatic rings. The highest BCUT2D eigenvalue weighted by Crippen LogP contribution is 2.24. The van der Waals surface area contributed by atoms with E-state index >= 15 is 0 Å². The Labute approximate surface area is 145 Å². The van der Waals surface area contributed by atoms with Gasteiger partial charge in [0, 0.05) is 29.6 Å². The molecule has 0 fully saturated rings. The first-order valence-corrected chi connectivity index (χ1v) is 7.70. The van der Waals surface area contributed by atoms with Gasteiger partial charge in [0.25, 0.3) is 0 Å². The van der Waals surface area contributed by atoms with E-state index in [9.17, 15) is 8.78 Å². The molecule has 130 valence electrons. The second-order valence-corrected chi connectivity index (χ2v) is 5.69. The fraction of sp³-hybridized carbons (Fsp3) is 0.118. The molecule has 0 saturated heterocycles. The Kier molecular flexibility index (Phi) is 3.76. The second kappa shape index (κ2) is 6.10. The van der Waals surface area contributed by atoms with Crippen molar-refractivity contribution in [2.45, 2.75) is 13.3 Å². The lowest BCUT2D eigenvalue weighted by molar-refractivity contribution is 0.319. The Morgan fingerprint density at radius 2 is 2.08 bits per heavy atom. The van der Waals surface area contributed by atoms with E-state index in [4.69, 9.17) is 5.21 Å². The van der Waals surface area contributed by atoms with Gasteiger partial charge in [-0.05, 0) is 31.2 Å². The summed E-state index contributed by atoms with van der Waals surface area (Å²) in [5, 5.41) is 24.4. The van der Waals surface area contributed by atoms with E-state index in [1.807, 2.05) is 0 Å². The van der Waals surface area contributed by atoms with Crippen LogP contribution in [0.15, 0.2) is 41.7 Å². The Hall–Kier alpha value is -3.49. The summed E-state index contributed by atoms with van der Waals surface area (Å²) in [6.45, 7) is 1.58. The van der Waals surface area contributed by atoms with Gasteiger partial charge in [-0.3, -0.25) is 4.98 Å². The van der Waals surface area contributed by atoms with Gasteiger partial charge in [0.2, 0.25) is 0 Å². The minimum Gasteiger partial charge on any atom is -0.411 e. The summed E-state index contributed by atoms with van der Waals surface area (Å²) in [6, 6.07) is 7.57. The Balaban J connectivity index is 1.84. The lowest BCUT2D eigenvalue weighted by Crippen LogP contribution is -2.08. The fourth-order valence-corrected chi connectivity index (χ4v) is 2.70. The van der Waals surface area contributed by atoms with Crippen molar-refractivity contribution in [2.75, 3.05) is 0 Å². The highest BCUT2D eigenvalue weighted by atomic mass is 19.1. The molecular weight excluding hydrogens is 342 g/mol. The van der Waals surface area contributed by atoms with E-state index in [-0.39, 0.29) is 28.7 Å². The number of aromatic nitrogens is 5. The van der Waals surface area contributed by atoms with Crippen LogP contribution in [0.3, 0.4) is 0 Å². The molecule has 1 N–H and O–H groups in total. The lowest BCUT2D eigenvalue weighted by Gasteiger charge is -2.07. The summed E-state index contributed by atoms with van der Waals surface area (Å²) in [6.07, 6.45) is 1.33. The summed E-state index contributed by atoms with van der Waals surface area (Å²) < 4.78 is 30.6. The highest BCUT2D eigenvalue weighted by molar-refractivity contribution is 5.96. The van der Waals surface area contributed by atoms with E-state index in [1.54, 1.807) is 31.2 Å². The van der Waals surface area contributed by atoms with Crippen LogP contribution in [-0.4, -0.2) is 35.7 Å². The molecule has 26 heavy (non-hydrogen) atoms. The van der Waals surface area contributed by atoms with Crippen LogP contribution in [0.1, 0.15) is 24.0 Å². The van der Waals surface area contributed by atoms with Crippen LogP contribution in [0.25, 0.3) is 16.6 Å². The summed E-state index contributed by atoms with van der Waals surface area (Å²) in [4.78, 5) is 3.97. The third kappa shape index (κ3) is 2.53. The molecule has 4 rings (SSSR count). The number of halogens is 2. The molecule has 3 aromatic heterocycles. The molecule has 0 unspecified atom stereocenters. The van der Waals surface area contributed by atoms with E-state index in [2.05, 4.69) is 25.4 Å². The molecule has 0 amide bonds. The van der Waals surface area contributed by atoms with Gasteiger partial charge in [-0.2, -0.15) is 9.61 Å². The van der Waals surface area contributed by atoms with E-state index in [0.29, 0.717) is 17.1 Å². The van der Waals surface area contributed by atoms with Crippen molar-refractivity contribution in [3.63, 3.8) is 0 Å². The van der Waals surface area contributed by atoms with Crippen molar-refractivity contribution in [1.82, 2.24) is 24.8 Å². The maximum Gasteiger partial charge on any atom is 0.177 e. The predicted molar refractivity (Wildman–Crippen MR) is 89.2 cm³/mol. The van der Waals surface area contributed by atoms with Crippen molar-refractivity contribution >= 4 is 22.3 Å². The molecule has 9 heteroatoms. The zero-order valence-corrected chi connectivity index (χ0v) is 13.6. The summed E-state index contributed by atoms with van der Waals surface area (Å²) in [5.41, 5.74) is 1.20. The zero-order valence-electron chi connectivity index (χ0n) is 13.6. The molecular formula is C17H12F2N6O. The third-order valence-corrected chi connectivity index (χ3v) is 4.07. The molecule has 0 bridgehead atoms. The Bertz CT molecular complexity index is 1170. The molecule has 1 aromatic carbocycles. The SMILES string of the molecule is CC(=NO)c1ccc2nnc(Cc3c(F)cc4ncccc4c3F)n2n1. The van der Waals surface area contributed by atoms with Crippen molar-refractivity contribution < 1.29 is 14.0 Å². The topological polar surface area (TPSA) is 88.6 Å². The zero-order chi connectivity index (χ0) is 18.3. The van der Waals surface area contributed by atoms with Crippen LogP contribution in [0, 0.1) is 11.6 Å². The fourth-order valence-electron chi connectivity index (χ4n) is 2.70. The number of nitrogens with zero attached hydrogens (tertiary/aromatic N) is 6. The van der Waals surface area contributed by atoms with Gasteiger partial charge >= 0.3 is 0 Å². The van der Waals surface area contributed by atoms with Crippen LogP contribution in [0.5, 0.6) is 0 Å². The maximum absolute atomic E-state index is 14.8. The minimum absolute atomic E-state index is 0.139. The Morgan fingerprint density at radius 1 is 1.23 bits per heavy atom. The number of oxime groups is 1. The molecule has 0 atom stereocenters. The minimum atomic E-state index is -0.713. The number of rotatable bonds is 3. The van der Waals surface area contributed by atoms with Crippen molar-refractivity contribution in [3.05, 3.63) is 65.2 Å². The van der Waals surface area contributed by atoms with E-state index in [1.165, 1.54) is 16.8 Å². The van der Waals surface area contributed by atoms with Crippen molar-refractivity contribution in [1.29, 1.82) is 0 Å². The monoisotopic (exact) mass is 354 g/mol. The second-order valence-electron chi connectivity index (χ2n) is 5.69. The van der Waals surface area contributed by atoms with Crippen LogP contribution >= 0.6 is 0 Å². The standard InChI is InChI=1S/C17H12F2N6O/c1-9(24-26)13-4-5-15-21-22-16(25(15)23-13)7-11-12(18)8-14-10(17(11)19)3-2-6-20-14/h2-6,8,26H,7H2,1H3. The molecule has 0 spiro atoms. The molecule has 0 aliphatic carbocycles. The van der Waals surface area contributed by atoms with Gasteiger partial charge in [-0.15, -0.1) is 10.2 Å². The third-order valence-electron chi connectivity index (χ3n) is 4.07. The van der Waals surface area contributed by atoms with Gasteiger partial charge in [-0.25, -0.2) is 8.78 Å². The molecule has 3 heterocycles. The van der Waals surface area contributed by atoms with Crippen LogP contribution in [-0.2, 0) is 6.42 Å². The average molecular weight is 354 g/mol. The van der Waals surface area contributed by atoms with Crippen molar-refractivity contribution in [2.24, 2.45) is 5.16 Å². The van der Waals surface area contributed by atoms with Gasteiger partial charge in [0.1, 0.15) is 23.0 Å². The Morgan fingerprint density at radius 3 is 2.88 bits per heavy atom.